The average molecular weight is 462 g/mol. The summed E-state index contributed by atoms with van der Waals surface area (Å²) >= 11 is 0. The van der Waals surface area contributed by atoms with Crippen molar-refractivity contribution in [2.45, 2.75) is 13.8 Å². The molecule has 0 aliphatic rings. The second-order valence-electron chi connectivity index (χ2n) is 7.93. The number of aliphatic hydroxyl groups excluding tert-OH is 2. The number of nitrogens with zero attached hydrogens (tertiary/aromatic N) is 3. The van der Waals surface area contributed by atoms with E-state index in [4.69, 9.17) is 19.2 Å². The Morgan fingerprint density at radius 3 is 2.41 bits per heavy atom. The molecule has 0 bridgehead atoms. The van der Waals surface area contributed by atoms with Crippen molar-refractivity contribution in [3.63, 3.8) is 0 Å². The molecule has 0 unspecified atom stereocenters. The third kappa shape index (κ3) is 4.93. The van der Waals surface area contributed by atoms with Gasteiger partial charge in [-0.3, -0.25) is 9.97 Å². The minimum absolute atomic E-state index is 0.146. The molecule has 3 aromatic heterocycles. The molecule has 0 aliphatic carbocycles. The molecule has 3 heterocycles. The molecule has 0 amide bonds. The van der Waals surface area contributed by atoms with Gasteiger partial charge in [-0.1, -0.05) is 6.07 Å². The van der Waals surface area contributed by atoms with E-state index in [0.717, 1.165) is 22.3 Å². The maximum absolute atomic E-state index is 9.31. The van der Waals surface area contributed by atoms with E-state index in [-0.39, 0.29) is 25.7 Å². The Kier molecular flexibility index (Phi) is 7.20. The van der Waals surface area contributed by atoms with Crippen molar-refractivity contribution in [2.24, 2.45) is 5.92 Å². The van der Waals surface area contributed by atoms with E-state index in [2.05, 4.69) is 9.97 Å². The molecule has 176 valence electrons. The van der Waals surface area contributed by atoms with Gasteiger partial charge in [-0.25, -0.2) is 4.98 Å². The van der Waals surface area contributed by atoms with Gasteiger partial charge in [-0.2, -0.15) is 0 Å². The van der Waals surface area contributed by atoms with Crippen LogP contribution in [0.2, 0.25) is 0 Å². The van der Waals surface area contributed by atoms with Crippen LogP contribution in [0.25, 0.3) is 22.3 Å². The molecule has 4 rings (SSSR count). The second-order valence-corrected chi connectivity index (χ2v) is 7.93. The molecule has 0 atom stereocenters. The standard InChI is InChI=1S/C26H27N3O5/c1-16-10-25(26(29-17(16)2)20-6-4-5-8-27-20)34-22-7-9-28-21-12-24(23(32-3)11-19(21)22)33-15-18(13-30)14-31/h4-12,18,30-31H,13-15H2,1-3H3. The van der Waals surface area contributed by atoms with E-state index in [9.17, 15) is 10.2 Å². The van der Waals surface area contributed by atoms with Crippen LogP contribution in [0.4, 0.5) is 0 Å². The molecule has 0 radical (unpaired) electrons. The lowest BCUT2D eigenvalue weighted by Crippen LogP contribution is -2.19. The maximum atomic E-state index is 9.31. The summed E-state index contributed by atoms with van der Waals surface area (Å²) in [5.74, 6) is 1.74. The fraction of sp³-hybridized carbons (Fsp3) is 0.269. The first-order valence-corrected chi connectivity index (χ1v) is 10.9. The van der Waals surface area contributed by atoms with Crippen LogP contribution in [0.1, 0.15) is 11.3 Å². The number of aromatic nitrogens is 3. The van der Waals surface area contributed by atoms with E-state index in [1.165, 1.54) is 0 Å². The topological polar surface area (TPSA) is 107 Å². The first-order chi connectivity index (χ1) is 16.5. The second kappa shape index (κ2) is 10.5. The van der Waals surface area contributed by atoms with E-state index < -0.39 is 0 Å². The molecular formula is C26H27N3O5. The number of benzene rings is 1. The zero-order valence-electron chi connectivity index (χ0n) is 19.4. The van der Waals surface area contributed by atoms with Gasteiger partial charge in [0.1, 0.15) is 11.4 Å². The summed E-state index contributed by atoms with van der Waals surface area (Å²) in [6, 6.07) is 13.0. The fourth-order valence-electron chi connectivity index (χ4n) is 3.42. The summed E-state index contributed by atoms with van der Waals surface area (Å²) in [4.78, 5) is 13.6. The summed E-state index contributed by atoms with van der Waals surface area (Å²) in [7, 11) is 1.55. The lowest BCUT2D eigenvalue weighted by molar-refractivity contribution is 0.105. The number of fused-ring (bicyclic) bond motifs is 1. The van der Waals surface area contributed by atoms with Crippen LogP contribution < -0.4 is 14.2 Å². The third-order valence-electron chi connectivity index (χ3n) is 5.54. The van der Waals surface area contributed by atoms with Crippen molar-refractivity contribution < 1.29 is 24.4 Å². The van der Waals surface area contributed by atoms with Gasteiger partial charge in [0.05, 0.1) is 38.1 Å². The van der Waals surface area contributed by atoms with Gasteiger partial charge in [-0.05, 0) is 49.7 Å². The summed E-state index contributed by atoms with van der Waals surface area (Å²) in [5, 5.41) is 19.4. The highest BCUT2D eigenvalue weighted by Gasteiger charge is 2.17. The van der Waals surface area contributed by atoms with E-state index >= 15 is 0 Å². The largest absolute Gasteiger partial charge is 0.493 e. The van der Waals surface area contributed by atoms with Crippen molar-refractivity contribution in [3.05, 3.63) is 66.1 Å². The van der Waals surface area contributed by atoms with E-state index in [1.807, 2.05) is 38.1 Å². The molecule has 0 saturated heterocycles. The minimum Gasteiger partial charge on any atom is -0.493 e. The monoisotopic (exact) mass is 461 g/mol. The molecule has 0 spiro atoms. The number of aliphatic hydroxyl groups is 2. The molecule has 0 saturated carbocycles. The number of hydrogen-bond acceptors (Lipinski definition) is 8. The van der Waals surface area contributed by atoms with Crippen LogP contribution in [0.3, 0.4) is 0 Å². The van der Waals surface area contributed by atoms with Crippen LogP contribution >= 0.6 is 0 Å². The van der Waals surface area contributed by atoms with E-state index in [0.29, 0.717) is 34.2 Å². The van der Waals surface area contributed by atoms with Crippen LogP contribution in [-0.2, 0) is 0 Å². The lowest BCUT2D eigenvalue weighted by Gasteiger charge is -2.17. The Balaban J connectivity index is 1.74. The summed E-state index contributed by atoms with van der Waals surface area (Å²) in [6.07, 6.45) is 3.38. The van der Waals surface area contributed by atoms with Gasteiger partial charge in [0.2, 0.25) is 0 Å². The summed E-state index contributed by atoms with van der Waals surface area (Å²) < 4.78 is 17.7. The minimum atomic E-state index is -0.384. The first kappa shape index (κ1) is 23.4. The number of pyridine rings is 3. The Morgan fingerprint density at radius 2 is 1.71 bits per heavy atom. The van der Waals surface area contributed by atoms with Gasteiger partial charge >= 0.3 is 0 Å². The number of ether oxygens (including phenoxy) is 3. The van der Waals surface area contributed by atoms with Gasteiger partial charge < -0.3 is 24.4 Å². The number of methoxy groups -OCH3 is 1. The Hall–Kier alpha value is -3.75. The van der Waals surface area contributed by atoms with Gasteiger partial charge in [0, 0.05) is 35.5 Å². The van der Waals surface area contributed by atoms with Crippen molar-refractivity contribution in [1.29, 1.82) is 0 Å². The predicted molar refractivity (Wildman–Crippen MR) is 128 cm³/mol. The van der Waals surface area contributed by atoms with Gasteiger partial charge in [0.15, 0.2) is 17.2 Å². The third-order valence-corrected chi connectivity index (χ3v) is 5.54. The highest BCUT2D eigenvalue weighted by molar-refractivity contribution is 5.88. The predicted octanol–water partition coefficient (Wildman–Crippen LogP) is 4.09. The molecule has 0 aliphatic heterocycles. The van der Waals surface area contributed by atoms with Crippen molar-refractivity contribution in [3.8, 4) is 34.4 Å². The average Bonchev–Trinajstić information content (AvgIpc) is 2.87. The van der Waals surface area contributed by atoms with Crippen LogP contribution in [0, 0.1) is 19.8 Å². The van der Waals surface area contributed by atoms with Crippen molar-refractivity contribution in [2.75, 3.05) is 26.9 Å². The molecule has 8 nitrogen and oxygen atoms in total. The highest BCUT2D eigenvalue weighted by Crippen LogP contribution is 2.39. The quantitative estimate of drug-likeness (QED) is 0.384. The smallest absolute Gasteiger partial charge is 0.163 e. The fourth-order valence-corrected chi connectivity index (χ4v) is 3.42. The van der Waals surface area contributed by atoms with Crippen molar-refractivity contribution >= 4 is 10.9 Å². The highest BCUT2D eigenvalue weighted by atomic mass is 16.5. The van der Waals surface area contributed by atoms with Crippen molar-refractivity contribution in [1.82, 2.24) is 15.0 Å². The number of hydrogen-bond donors (Lipinski definition) is 2. The SMILES string of the molecule is COc1cc2c(Oc3cc(C)c(C)nc3-c3ccccn3)ccnc2cc1OCC(CO)CO. The lowest BCUT2D eigenvalue weighted by atomic mass is 10.1. The molecule has 1 aromatic carbocycles. The molecule has 0 fully saturated rings. The molecular weight excluding hydrogens is 434 g/mol. The van der Waals surface area contributed by atoms with Gasteiger partial charge in [-0.15, -0.1) is 0 Å². The number of aryl methyl sites for hydroxylation is 2. The van der Waals surface area contributed by atoms with Crippen LogP contribution in [0.15, 0.2) is 54.9 Å². The molecule has 34 heavy (non-hydrogen) atoms. The Labute approximate surface area is 197 Å². The van der Waals surface area contributed by atoms with E-state index in [1.54, 1.807) is 37.7 Å². The molecule has 4 aromatic rings. The Bertz CT molecular complexity index is 1280. The summed E-state index contributed by atoms with van der Waals surface area (Å²) in [6.45, 7) is 3.74. The zero-order chi connectivity index (χ0) is 24.1. The summed E-state index contributed by atoms with van der Waals surface area (Å²) in [5.41, 5.74) is 3.92. The first-order valence-electron chi connectivity index (χ1n) is 10.9. The Morgan fingerprint density at radius 1 is 0.882 bits per heavy atom. The van der Waals surface area contributed by atoms with Crippen LogP contribution in [0.5, 0.6) is 23.0 Å². The molecule has 2 N–H and O–H groups in total. The normalized spacial score (nSPS) is 11.1. The zero-order valence-corrected chi connectivity index (χ0v) is 19.4. The molecule has 8 heteroatoms. The maximum Gasteiger partial charge on any atom is 0.163 e. The number of rotatable bonds is 9. The van der Waals surface area contributed by atoms with Crippen LogP contribution in [-0.4, -0.2) is 52.1 Å². The van der Waals surface area contributed by atoms with Gasteiger partial charge in [0.25, 0.3) is 0 Å².